The normalized spacial score (nSPS) is 14.5. The van der Waals surface area contributed by atoms with Gasteiger partial charge in [0, 0.05) is 48.0 Å². The summed E-state index contributed by atoms with van der Waals surface area (Å²) in [5.74, 6) is 3.38. The SMILES string of the molecule is COc1ccc2c(N3CCOc4ccc(-c5cnc6c(c5)N=CC6)cc4C3)nc(CN(C)C)nc2c1. The van der Waals surface area contributed by atoms with E-state index in [4.69, 9.17) is 19.4 Å². The van der Waals surface area contributed by atoms with E-state index in [0.29, 0.717) is 19.7 Å². The van der Waals surface area contributed by atoms with Crippen LogP contribution in [0.25, 0.3) is 22.0 Å². The number of anilines is 1. The van der Waals surface area contributed by atoms with Gasteiger partial charge in [0.2, 0.25) is 0 Å². The van der Waals surface area contributed by atoms with Crippen LogP contribution in [0.4, 0.5) is 11.5 Å². The molecule has 4 heterocycles. The highest BCUT2D eigenvalue weighted by molar-refractivity contribution is 5.90. The Labute approximate surface area is 210 Å². The molecular formula is C28H28N6O2. The van der Waals surface area contributed by atoms with Crippen molar-refractivity contribution in [2.45, 2.75) is 19.5 Å². The number of fused-ring (bicyclic) bond motifs is 3. The molecule has 0 unspecified atom stereocenters. The molecule has 0 bridgehead atoms. The lowest BCUT2D eigenvalue weighted by atomic mass is 10.0. The van der Waals surface area contributed by atoms with Gasteiger partial charge in [-0.3, -0.25) is 9.98 Å². The maximum absolute atomic E-state index is 6.16. The lowest BCUT2D eigenvalue weighted by molar-refractivity contribution is 0.331. The Morgan fingerprint density at radius 3 is 2.83 bits per heavy atom. The van der Waals surface area contributed by atoms with Gasteiger partial charge in [-0.05, 0) is 50.0 Å². The number of aliphatic imine (C=N–C) groups is 1. The van der Waals surface area contributed by atoms with Gasteiger partial charge in [-0.25, -0.2) is 9.97 Å². The van der Waals surface area contributed by atoms with Crippen molar-refractivity contribution < 1.29 is 9.47 Å². The van der Waals surface area contributed by atoms with Crippen molar-refractivity contribution in [2.24, 2.45) is 4.99 Å². The van der Waals surface area contributed by atoms with Crippen molar-refractivity contribution in [1.29, 1.82) is 0 Å². The second-order valence-electron chi connectivity index (χ2n) is 9.38. The van der Waals surface area contributed by atoms with E-state index in [-0.39, 0.29) is 0 Å². The Morgan fingerprint density at radius 1 is 1.06 bits per heavy atom. The van der Waals surface area contributed by atoms with Gasteiger partial charge in [0.1, 0.15) is 29.7 Å². The maximum atomic E-state index is 6.16. The molecule has 0 spiro atoms. The largest absolute Gasteiger partial charge is 0.497 e. The van der Waals surface area contributed by atoms with Gasteiger partial charge < -0.3 is 19.3 Å². The Kier molecular flexibility index (Phi) is 5.73. The average molecular weight is 481 g/mol. The van der Waals surface area contributed by atoms with E-state index in [1.165, 1.54) is 0 Å². The van der Waals surface area contributed by atoms with Crippen LogP contribution in [0.3, 0.4) is 0 Å². The summed E-state index contributed by atoms with van der Waals surface area (Å²) in [6, 6.07) is 14.4. The quantitative estimate of drug-likeness (QED) is 0.419. The van der Waals surface area contributed by atoms with Gasteiger partial charge in [0.25, 0.3) is 0 Å². The molecule has 0 fully saturated rings. The van der Waals surface area contributed by atoms with Crippen molar-refractivity contribution in [3.63, 3.8) is 0 Å². The lowest BCUT2D eigenvalue weighted by Gasteiger charge is -2.24. The fourth-order valence-corrected chi connectivity index (χ4v) is 4.75. The third kappa shape index (κ3) is 4.24. The van der Waals surface area contributed by atoms with Gasteiger partial charge in [0.05, 0.1) is 37.1 Å². The molecule has 36 heavy (non-hydrogen) atoms. The first-order valence-corrected chi connectivity index (χ1v) is 12.1. The van der Waals surface area contributed by atoms with E-state index in [1.54, 1.807) is 7.11 Å². The van der Waals surface area contributed by atoms with Crippen LogP contribution in [0.1, 0.15) is 17.1 Å². The third-order valence-corrected chi connectivity index (χ3v) is 6.52. The summed E-state index contributed by atoms with van der Waals surface area (Å²) in [4.78, 5) is 23.3. The van der Waals surface area contributed by atoms with Gasteiger partial charge in [-0.2, -0.15) is 0 Å². The fourth-order valence-electron chi connectivity index (χ4n) is 4.75. The van der Waals surface area contributed by atoms with Gasteiger partial charge in [-0.15, -0.1) is 0 Å². The van der Waals surface area contributed by atoms with Crippen molar-refractivity contribution >= 4 is 28.6 Å². The predicted octanol–water partition coefficient (Wildman–Crippen LogP) is 4.42. The van der Waals surface area contributed by atoms with Crippen molar-refractivity contribution in [2.75, 3.05) is 39.3 Å². The second-order valence-corrected chi connectivity index (χ2v) is 9.38. The highest BCUT2D eigenvalue weighted by Gasteiger charge is 2.21. The molecule has 0 aliphatic carbocycles. The van der Waals surface area contributed by atoms with Gasteiger partial charge in [0.15, 0.2) is 0 Å². The number of ether oxygens (including phenoxy) is 2. The van der Waals surface area contributed by atoms with Crippen molar-refractivity contribution in [3.05, 3.63) is 65.7 Å². The van der Waals surface area contributed by atoms with E-state index in [1.807, 2.05) is 44.7 Å². The van der Waals surface area contributed by atoms with Crippen LogP contribution in [0.15, 0.2) is 53.7 Å². The van der Waals surface area contributed by atoms with Gasteiger partial charge in [-0.1, -0.05) is 6.07 Å². The molecule has 0 saturated heterocycles. The van der Waals surface area contributed by atoms with E-state index >= 15 is 0 Å². The molecule has 4 aromatic rings. The third-order valence-electron chi connectivity index (χ3n) is 6.52. The molecule has 8 nitrogen and oxygen atoms in total. The summed E-state index contributed by atoms with van der Waals surface area (Å²) in [5.41, 5.74) is 6.13. The Hall–Kier alpha value is -4.04. The van der Waals surface area contributed by atoms with Crippen molar-refractivity contribution in [1.82, 2.24) is 19.9 Å². The molecule has 8 heteroatoms. The second kappa shape index (κ2) is 9.20. The molecule has 182 valence electrons. The summed E-state index contributed by atoms with van der Waals surface area (Å²) in [6.07, 6.45) is 4.65. The number of pyridine rings is 1. The summed E-state index contributed by atoms with van der Waals surface area (Å²) >= 11 is 0. The van der Waals surface area contributed by atoms with Crippen LogP contribution < -0.4 is 14.4 Å². The predicted molar refractivity (Wildman–Crippen MR) is 142 cm³/mol. The number of benzene rings is 2. The fraction of sp³-hybridized carbons (Fsp3) is 0.286. The first-order chi connectivity index (χ1) is 17.6. The highest BCUT2D eigenvalue weighted by Crippen LogP contribution is 2.35. The average Bonchev–Trinajstić information content (AvgIpc) is 3.25. The van der Waals surface area contributed by atoms with Crippen molar-refractivity contribution in [3.8, 4) is 22.6 Å². The number of hydrogen-bond acceptors (Lipinski definition) is 8. The lowest BCUT2D eigenvalue weighted by Crippen LogP contribution is -2.27. The molecule has 2 aromatic carbocycles. The van der Waals surface area contributed by atoms with Crippen LogP contribution in [-0.4, -0.2) is 60.4 Å². The summed E-state index contributed by atoms with van der Waals surface area (Å²) < 4.78 is 11.6. The van der Waals surface area contributed by atoms with E-state index in [0.717, 1.165) is 75.1 Å². The monoisotopic (exact) mass is 480 g/mol. The van der Waals surface area contributed by atoms with Crippen LogP contribution in [-0.2, 0) is 19.5 Å². The number of methoxy groups -OCH3 is 1. The first kappa shape index (κ1) is 22.4. The Bertz CT molecular complexity index is 1480. The zero-order valence-electron chi connectivity index (χ0n) is 20.7. The zero-order valence-corrected chi connectivity index (χ0v) is 20.7. The minimum atomic E-state index is 0.576. The molecule has 0 atom stereocenters. The molecule has 6 rings (SSSR count). The maximum Gasteiger partial charge on any atom is 0.145 e. The first-order valence-electron chi connectivity index (χ1n) is 12.1. The standard InChI is InChI=1S/C28H28N6O2/c1-33(2)17-27-31-24-14-21(35-3)5-6-22(24)28(32-27)34-10-11-36-26-7-4-18(12-20(26)16-34)19-13-25-23(30-15-19)8-9-29-25/h4-7,9,12-15H,8,10-11,16-17H2,1-3H3. The van der Waals surface area contributed by atoms with Crippen LogP contribution in [0, 0.1) is 0 Å². The van der Waals surface area contributed by atoms with Gasteiger partial charge >= 0.3 is 0 Å². The molecule has 2 aromatic heterocycles. The molecular weight excluding hydrogens is 452 g/mol. The molecule has 0 radical (unpaired) electrons. The summed E-state index contributed by atoms with van der Waals surface area (Å²) in [7, 11) is 5.72. The Balaban J connectivity index is 1.40. The zero-order chi connectivity index (χ0) is 24.6. The van der Waals surface area contributed by atoms with E-state index in [9.17, 15) is 0 Å². The summed E-state index contributed by atoms with van der Waals surface area (Å²) in [6.45, 7) is 2.63. The minimum absolute atomic E-state index is 0.576. The molecule has 2 aliphatic heterocycles. The van der Waals surface area contributed by atoms with E-state index in [2.05, 4.69) is 44.0 Å². The molecule has 0 amide bonds. The number of aromatic nitrogens is 3. The molecule has 2 aliphatic rings. The smallest absolute Gasteiger partial charge is 0.145 e. The summed E-state index contributed by atoms with van der Waals surface area (Å²) in [5, 5.41) is 0.999. The van der Waals surface area contributed by atoms with Crippen LogP contribution in [0.5, 0.6) is 11.5 Å². The van der Waals surface area contributed by atoms with E-state index < -0.39 is 0 Å². The topological polar surface area (TPSA) is 76.0 Å². The number of rotatable bonds is 5. The molecule has 0 saturated carbocycles. The number of nitrogens with zero attached hydrogens (tertiary/aromatic N) is 6. The van der Waals surface area contributed by atoms with Crippen LogP contribution in [0.2, 0.25) is 0 Å². The van der Waals surface area contributed by atoms with Crippen LogP contribution >= 0.6 is 0 Å². The minimum Gasteiger partial charge on any atom is -0.497 e. The molecule has 0 N–H and O–H groups in total. The highest BCUT2D eigenvalue weighted by atomic mass is 16.5. The Morgan fingerprint density at radius 2 is 1.97 bits per heavy atom. The number of hydrogen-bond donors (Lipinski definition) is 0.